The molecule has 144 valence electrons. The summed E-state index contributed by atoms with van der Waals surface area (Å²) in [5.41, 5.74) is 4.08. The van der Waals surface area contributed by atoms with Crippen molar-refractivity contribution in [3.63, 3.8) is 0 Å². The lowest BCUT2D eigenvalue weighted by Crippen LogP contribution is -2.24. The van der Waals surface area contributed by atoms with Gasteiger partial charge in [0.2, 0.25) is 0 Å². The fourth-order valence-corrected chi connectivity index (χ4v) is 3.92. The summed E-state index contributed by atoms with van der Waals surface area (Å²) >= 11 is 9.54. The van der Waals surface area contributed by atoms with E-state index in [0.29, 0.717) is 10.6 Å². The number of nitrogens with zero attached hydrogens (tertiary/aromatic N) is 1. The number of ether oxygens (including phenoxy) is 1. The van der Waals surface area contributed by atoms with E-state index in [1.54, 1.807) is 24.1 Å². The van der Waals surface area contributed by atoms with Crippen LogP contribution in [0.15, 0.2) is 88.9 Å². The van der Waals surface area contributed by atoms with E-state index in [0.717, 1.165) is 32.7 Å². The molecule has 0 saturated carbocycles. The van der Waals surface area contributed by atoms with Gasteiger partial charge in [-0.3, -0.25) is 9.69 Å². The Kier molecular flexibility index (Phi) is 5.56. The van der Waals surface area contributed by atoms with Crippen LogP contribution < -0.4 is 9.64 Å². The average Bonchev–Trinajstić information content (AvgIpc) is 3.06. The van der Waals surface area contributed by atoms with E-state index in [1.165, 1.54) is 0 Å². The highest BCUT2D eigenvalue weighted by Crippen LogP contribution is 2.36. The molecule has 0 bridgehead atoms. The summed E-state index contributed by atoms with van der Waals surface area (Å²) in [7, 11) is 1.62. The fraction of sp³-hybridized carbons (Fsp3) is 0.0417. The van der Waals surface area contributed by atoms with Gasteiger partial charge in [-0.2, -0.15) is 0 Å². The molecule has 0 radical (unpaired) electrons. The number of carbonyl (C=O) groups is 1. The van der Waals surface area contributed by atoms with Crippen molar-refractivity contribution in [3.05, 3.63) is 105 Å². The van der Waals surface area contributed by atoms with Crippen molar-refractivity contribution >= 4 is 50.9 Å². The maximum atomic E-state index is 13.3. The third-order valence-corrected chi connectivity index (χ3v) is 5.51. The van der Waals surface area contributed by atoms with Crippen LogP contribution in [0.2, 0.25) is 5.02 Å². The molecule has 3 nitrogen and oxygen atoms in total. The molecule has 0 aliphatic carbocycles. The summed E-state index contributed by atoms with van der Waals surface area (Å²) in [4.78, 5) is 15.0. The summed E-state index contributed by atoms with van der Waals surface area (Å²) in [6, 6.07) is 22.9. The minimum absolute atomic E-state index is 0.0851. The van der Waals surface area contributed by atoms with E-state index in [4.69, 9.17) is 16.3 Å². The highest BCUT2D eigenvalue weighted by atomic mass is 79.9. The van der Waals surface area contributed by atoms with Gasteiger partial charge in [0.15, 0.2) is 0 Å². The van der Waals surface area contributed by atoms with Gasteiger partial charge >= 0.3 is 0 Å². The first-order valence-corrected chi connectivity index (χ1v) is 10.2. The van der Waals surface area contributed by atoms with Gasteiger partial charge in [-0.25, -0.2) is 0 Å². The van der Waals surface area contributed by atoms with Crippen LogP contribution in [-0.4, -0.2) is 13.0 Å². The number of hydrogen-bond donors (Lipinski definition) is 0. The van der Waals surface area contributed by atoms with Crippen LogP contribution in [0.25, 0.3) is 11.8 Å². The van der Waals surface area contributed by atoms with Crippen LogP contribution >= 0.6 is 27.5 Å². The summed E-state index contributed by atoms with van der Waals surface area (Å²) in [6.07, 6.45) is 3.80. The summed E-state index contributed by atoms with van der Waals surface area (Å²) in [6.45, 7) is 0. The molecule has 0 N–H and O–H groups in total. The van der Waals surface area contributed by atoms with E-state index in [2.05, 4.69) is 15.9 Å². The van der Waals surface area contributed by atoms with Gasteiger partial charge in [0, 0.05) is 16.3 Å². The number of amides is 1. The number of anilines is 1. The Morgan fingerprint density at radius 1 is 1.00 bits per heavy atom. The quantitative estimate of drug-likeness (QED) is 0.406. The van der Waals surface area contributed by atoms with Crippen molar-refractivity contribution in [2.75, 3.05) is 12.0 Å². The number of halogens is 2. The highest BCUT2D eigenvalue weighted by Gasteiger charge is 2.30. The molecule has 1 aliphatic rings. The van der Waals surface area contributed by atoms with E-state index in [9.17, 15) is 4.79 Å². The van der Waals surface area contributed by atoms with Gasteiger partial charge in [0.05, 0.1) is 17.3 Å². The first kappa shape index (κ1) is 19.5. The largest absolute Gasteiger partial charge is 0.496 e. The van der Waals surface area contributed by atoms with Crippen molar-refractivity contribution in [2.24, 2.45) is 0 Å². The van der Waals surface area contributed by atoms with E-state index in [-0.39, 0.29) is 5.91 Å². The van der Waals surface area contributed by atoms with Crippen LogP contribution in [0.4, 0.5) is 5.69 Å². The Morgan fingerprint density at radius 3 is 2.38 bits per heavy atom. The summed E-state index contributed by atoms with van der Waals surface area (Å²) in [5, 5.41) is 0.629. The maximum Gasteiger partial charge on any atom is 0.262 e. The Labute approximate surface area is 183 Å². The lowest BCUT2D eigenvalue weighted by molar-refractivity contribution is -0.113. The standard InChI is InChI=1S/C24H17BrClNO2/c1-29-23-12-7-16(14-21(23)25)13-18-15-22(17-5-3-2-4-6-17)27(24(18)28)20-10-8-19(26)9-11-20/h2-15H,1H3. The molecule has 3 aromatic carbocycles. The predicted octanol–water partition coefficient (Wildman–Crippen LogP) is 6.58. The predicted molar refractivity (Wildman–Crippen MR) is 122 cm³/mol. The minimum atomic E-state index is -0.0851. The van der Waals surface area contributed by atoms with Crippen molar-refractivity contribution in [2.45, 2.75) is 0 Å². The summed E-state index contributed by atoms with van der Waals surface area (Å²) in [5.74, 6) is 0.659. The zero-order chi connectivity index (χ0) is 20.4. The first-order chi connectivity index (χ1) is 14.1. The third kappa shape index (κ3) is 4.00. The third-order valence-electron chi connectivity index (χ3n) is 4.64. The van der Waals surface area contributed by atoms with E-state index >= 15 is 0 Å². The van der Waals surface area contributed by atoms with Crippen molar-refractivity contribution in [3.8, 4) is 5.75 Å². The van der Waals surface area contributed by atoms with Gasteiger partial charge in [-0.1, -0.05) is 48.0 Å². The molecular weight excluding hydrogens is 450 g/mol. The molecule has 0 saturated heterocycles. The molecule has 1 amide bonds. The van der Waals surface area contributed by atoms with Gasteiger partial charge in [0.25, 0.3) is 5.91 Å². The monoisotopic (exact) mass is 465 g/mol. The van der Waals surface area contributed by atoms with Crippen molar-refractivity contribution < 1.29 is 9.53 Å². The van der Waals surface area contributed by atoms with Gasteiger partial charge in [-0.15, -0.1) is 0 Å². The van der Waals surface area contributed by atoms with Crippen LogP contribution in [0, 0.1) is 0 Å². The highest BCUT2D eigenvalue weighted by molar-refractivity contribution is 9.10. The molecule has 29 heavy (non-hydrogen) atoms. The molecule has 3 aromatic rings. The zero-order valence-corrected chi connectivity index (χ0v) is 17.9. The molecule has 5 heteroatoms. The normalized spacial score (nSPS) is 15.0. The van der Waals surface area contributed by atoms with E-state index < -0.39 is 0 Å². The Hall–Kier alpha value is -2.82. The fourth-order valence-electron chi connectivity index (χ4n) is 3.24. The lowest BCUT2D eigenvalue weighted by Gasteiger charge is -2.21. The molecule has 0 atom stereocenters. The molecule has 0 unspecified atom stereocenters. The van der Waals surface area contributed by atoms with Crippen LogP contribution in [-0.2, 0) is 4.79 Å². The smallest absolute Gasteiger partial charge is 0.262 e. The number of benzene rings is 3. The van der Waals surface area contributed by atoms with Crippen molar-refractivity contribution in [1.82, 2.24) is 0 Å². The number of carbonyl (C=O) groups excluding carboxylic acids is 1. The Morgan fingerprint density at radius 2 is 1.72 bits per heavy atom. The molecule has 1 heterocycles. The average molecular weight is 467 g/mol. The zero-order valence-electron chi connectivity index (χ0n) is 15.6. The summed E-state index contributed by atoms with van der Waals surface area (Å²) < 4.78 is 6.12. The lowest BCUT2D eigenvalue weighted by atomic mass is 10.1. The van der Waals surface area contributed by atoms with Gasteiger partial charge < -0.3 is 4.74 Å². The Balaban J connectivity index is 1.79. The second kappa shape index (κ2) is 8.27. The molecular formula is C24H17BrClNO2. The maximum absolute atomic E-state index is 13.3. The van der Waals surface area contributed by atoms with Gasteiger partial charge in [0.1, 0.15) is 5.75 Å². The van der Waals surface area contributed by atoms with E-state index in [1.807, 2.05) is 72.8 Å². The number of rotatable bonds is 4. The molecule has 0 fully saturated rings. The van der Waals surface area contributed by atoms with Gasteiger partial charge in [-0.05, 0) is 75.6 Å². The van der Waals surface area contributed by atoms with Crippen molar-refractivity contribution in [1.29, 1.82) is 0 Å². The topological polar surface area (TPSA) is 29.5 Å². The minimum Gasteiger partial charge on any atom is -0.496 e. The first-order valence-electron chi connectivity index (χ1n) is 8.99. The molecule has 4 rings (SSSR count). The number of hydrogen-bond acceptors (Lipinski definition) is 2. The van der Waals surface area contributed by atoms with Crippen LogP contribution in [0.5, 0.6) is 5.75 Å². The molecule has 0 spiro atoms. The van der Waals surface area contributed by atoms with Crippen LogP contribution in [0.3, 0.4) is 0 Å². The molecule has 0 aromatic heterocycles. The number of methoxy groups -OCH3 is 1. The molecule has 1 aliphatic heterocycles. The second-order valence-corrected chi connectivity index (χ2v) is 7.80. The van der Waals surface area contributed by atoms with Crippen LogP contribution in [0.1, 0.15) is 11.1 Å². The second-order valence-electron chi connectivity index (χ2n) is 6.51. The Bertz CT molecular complexity index is 1120. The SMILES string of the molecule is COc1ccc(C=C2C=C(c3ccccc3)N(c3ccc(Cl)cc3)C2=O)cc1Br.